The van der Waals surface area contributed by atoms with Gasteiger partial charge in [-0.3, -0.25) is 4.79 Å². The molecule has 0 aromatic carbocycles. The molecule has 1 heterocycles. The number of nitrogens with zero attached hydrogens (tertiary/aromatic N) is 1. The van der Waals surface area contributed by atoms with Gasteiger partial charge in [0.05, 0.1) is 18.0 Å². The van der Waals surface area contributed by atoms with Crippen LogP contribution in [0.4, 0.5) is 0 Å². The summed E-state index contributed by atoms with van der Waals surface area (Å²) in [4.78, 5) is 13.1. The summed E-state index contributed by atoms with van der Waals surface area (Å²) < 4.78 is 0. The van der Waals surface area contributed by atoms with Crippen LogP contribution in [0.25, 0.3) is 0 Å². The molecule has 1 saturated heterocycles. The highest BCUT2D eigenvalue weighted by Gasteiger charge is 2.32. The SMILES string of the molecule is CCCC(CO)N1CC(Cl)CC1=O. The normalized spacial score (nSPS) is 25.3. The lowest BCUT2D eigenvalue weighted by Crippen LogP contribution is -2.39. The number of aliphatic hydroxyl groups excluding tert-OH is 1. The van der Waals surface area contributed by atoms with Crippen molar-refractivity contribution < 1.29 is 9.90 Å². The molecule has 0 spiro atoms. The van der Waals surface area contributed by atoms with Gasteiger partial charge in [0.15, 0.2) is 0 Å². The van der Waals surface area contributed by atoms with Crippen molar-refractivity contribution in [3.63, 3.8) is 0 Å². The van der Waals surface area contributed by atoms with E-state index in [4.69, 9.17) is 16.7 Å². The van der Waals surface area contributed by atoms with Gasteiger partial charge in [0, 0.05) is 13.0 Å². The second-order valence-corrected chi connectivity index (χ2v) is 4.09. The van der Waals surface area contributed by atoms with Gasteiger partial charge in [-0.15, -0.1) is 11.6 Å². The third-order valence-corrected chi connectivity index (χ3v) is 2.68. The highest BCUT2D eigenvalue weighted by Crippen LogP contribution is 2.20. The summed E-state index contributed by atoms with van der Waals surface area (Å²) in [5.74, 6) is 0.0764. The Morgan fingerprint density at radius 2 is 2.46 bits per heavy atom. The third kappa shape index (κ3) is 2.58. The molecule has 3 nitrogen and oxygen atoms in total. The molecule has 2 unspecified atom stereocenters. The maximum Gasteiger partial charge on any atom is 0.224 e. The fraction of sp³-hybridized carbons (Fsp3) is 0.889. The van der Waals surface area contributed by atoms with Crippen molar-refractivity contribution in [3.8, 4) is 0 Å². The summed E-state index contributed by atoms with van der Waals surface area (Å²) in [6, 6.07) is -0.0266. The minimum absolute atomic E-state index is 0.0266. The average molecular weight is 206 g/mol. The molecule has 76 valence electrons. The molecular formula is C9H16ClNO2. The lowest BCUT2D eigenvalue weighted by molar-refractivity contribution is -0.130. The molecule has 1 N–H and O–H groups in total. The van der Waals surface area contributed by atoms with Gasteiger partial charge in [0.1, 0.15) is 0 Å². The minimum atomic E-state index is -0.0709. The van der Waals surface area contributed by atoms with Gasteiger partial charge in [-0.2, -0.15) is 0 Å². The number of rotatable bonds is 4. The first kappa shape index (κ1) is 10.8. The van der Waals surface area contributed by atoms with Crippen LogP contribution in [0.15, 0.2) is 0 Å². The quantitative estimate of drug-likeness (QED) is 0.696. The van der Waals surface area contributed by atoms with Crippen LogP contribution in [0.1, 0.15) is 26.2 Å². The molecule has 2 atom stereocenters. The van der Waals surface area contributed by atoms with Crippen LogP contribution in [-0.4, -0.2) is 40.5 Å². The zero-order valence-electron chi connectivity index (χ0n) is 7.87. The van der Waals surface area contributed by atoms with Crippen LogP contribution in [0.2, 0.25) is 0 Å². The third-order valence-electron chi connectivity index (χ3n) is 2.38. The lowest BCUT2D eigenvalue weighted by atomic mass is 10.1. The topological polar surface area (TPSA) is 40.5 Å². The fourth-order valence-corrected chi connectivity index (χ4v) is 2.00. The molecule has 0 aromatic rings. The number of alkyl halides is 1. The van der Waals surface area contributed by atoms with E-state index in [0.29, 0.717) is 13.0 Å². The Balaban J connectivity index is 2.53. The van der Waals surface area contributed by atoms with E-state index >= 15 is 0 Å². The molecule has 0 radical (unpaired) electrons. The Morgan fingerprint density at radius 3 is 2.85 bits per heavy atom. The Labute approximate surface area is 83.7 Å². The number of carbonyl (C=O) groups is 1. The molecule has 1 amide bonds. The summed E-state index contributed by atoms with van der Waals surface area (Å²) in [7, 11) is 0. The summed E-state index contributed by atoms with van der Waals surface area (Å²) in [5, 5.41) is 9.01. The number of hydrogen-bond acceptors (Lipinski definition) is 2. The molecule has 4 heteroatoms. The van der Waals surface area contributed by atoms with Crippen molar-refractivity contribution in [3.05, 3.63) is 0 Å². The molecule has 0 bridgehead atoms. The molecule has 0 saturated carbocycles. The Morgan fingerprint density at radius 1 is 1.77 bits per heavy atom. The number of halogens is 1. The van der Waals surface area contributed by atoms with Crippen molar-refractivity contribution in [1.82, 2.24) is 4.90 Å². The first-order valence-electron chi connectivity index (χ1n) is 4.73. The van der Waals surface area contributed by atoms with E-state index in [0.717, 1.165) is 12.8 Å². The molecule has 13 heavy (non-hydrogen) atoms. The van der Waals surface area contributed by atoms with Crippen LogP contribution < -0.4 is 0 Å². The summed E-state index contributed by atoms with van der Waals surface area (Å²) in [6.45, 7) is 2.68. The predicted molar refractivity (Wildman–Crippen MR) is 51.8 cm³/mol. The van der Waals surface area contributed by atoms with Gasteiger partial charge in [-0.25, -0.2) is 0 Å². The zero-order valence-corrected chi connectivity index (χ0v) is 8.63. The maximum absolute atomic E-state index is 11.4. The Hall–Kier alpha value is -0.280. The van der Waals surface area contributed by atoms with Crippen LogP contribution in [0.5, 0.6) is 0 Å². The van der Waals surface area contributed by atoms with Crippen molar-refractivity contribution in [2.45, 2.75) is 37.6 Å². The summed E-state index contributed by atoms with van der Waals surface area (Å²) in [6.07, 6.45) is 2.25. The van der Waals surface area contributed by atoms with Crippen LogP contribution in [0.3, 0.4) is 0 Å². The number of likely N-dealkylation sites (tertiary alicyclic amines) is 1. The average Bonchev–Trinajstić information content (AvgIpc) is 2.41. The van der Waals surface area contributed by atoms with Gasteiger partial charge < -0.3 is 10.0 Å². The Bertz CT molecular complexity index is 186. The first-order chi connectivity index (χ1) is 6.19. The number of aliphatic hydroxyl groups is 1. The molecule has 0 aromatic heterocycles. The second kappa shape index (κ2) is 4.82. The molecule has 1 fully saturated rings. The van der Waals surface area contributed by atoms with Gasteiger partial charge in [-0.05, 0) is 6.42 Å². The van der Waals surface area contributed by atoms with E-state index < -0.39 is 0 Å². The van der Waals surface area contributed by atoms with Crippen LogP contribution in [0, 0.1) is 0 Å². The van der Waals surface area contributed by atoms with Gasteiger partial charge in [0.25, 0.3) is 0 Å². The minimum Gasteiger partial charge on any atom is -0.394 e. The van der Waals surface area contributed by atoms with E-state index in [9.17, 15) is 4.79 Å². The van der Waals surface area contributed by atoms with E-state index in [1.807, 2.05) is 6.92 Å². The number of hydrogen-bond donors (Lipinski definition) is 1. The van der Waals surface area contributed by atoms with Crippen molar-refractivity contribution >= 4 is 17.5 Å². The molecule has 1 aliphatic heterocycles. The van der Waals surface area contributed by atoms with Gasteiger partial charge >= 0.3 is 0 Å². The van der Waals surface area contributed by atoms with E-state index in [1.165, 1.54) is 0 Å². The highest BCUT2D eigenvalue weighted by atomic mass is 35.5. The van der Waals surface area contributed by atoms with Gasteiger partial charge in [-0.1, -0.05) is 13.3 Å². The van der Waals surface area contributed by atoms with Gasteiger partial charge in [0.2, 0.25) is 5.91 Å². The lowest BCUT2D eigenvalue weighted by Gasteiger charge is -2.25. The van der Waals surface area contributed by atoms with Crippen molar-refractivity contribution in [2.75, 3.05) is 13.2 Å². The fourth-order valence-electron chi connectivity index (χ4n) is 1.72. The number of amides is 1. The molecule has 1 rings (SSSR count). The number of carbonyl (C=O) groups excluding carboxylic acids is 1. The van der Waals surface area contributed by atoms with E-state index in [2.05, 4.69) is 0 Å². The zero-order chi connectivity index (χ0) is 9.84. The van der Waals surface area contributed by atoms with Crippen LogP contribution in [-0.2, 0) is 4.79 Å². The molecule has 1 aliphatic rings. The largest absolute Gasteiger partial charge is 0.394 e. The van der Waals surface area contributed by atoms with Crippen LogP contribution >= 0.6 is 11.6 Å². The second-order valence-electron chi connectivity index (χ2n) is 3.47. The first-order valence-corrected chi connectivity index (χ1v) is 5.17. The highest BCUT2D eigenvalue weighted by molar-refractivity contribution is 6.22. The Kier molecular flexibility index (Phi) is 4.00. The van der Waals surface area contributed by atoms with E-state index in [1.54, 1.807) is 4.90 Å². The smallest absolute Gasteiger partial charge is 0.224 e. The van der Waals surface area contributed by atoms with Crippen molar-refractivity contribution in [2.24, 2.45) is 0 Å². The van der Waals surface area contributed by atoms with E-state index in [-0.39, 0.29) is 23.9 Å². The summed E-state index contributed by atoms with van der Waals surface area (Å²) in [5.41, 5.74) is 0. The molecule has 0 aliphatic carbocycles. The van der Waals surface area contributed by atoms with Crippen molar-refractivity contribution in [1.29, 1.82) is 0 Å². The predicted octanol–water partition coefficient (Wildman–Crippen LogP) is 0.987. The maximum atomic E-state index is 11.4. The molecular weight excluding hydrogens is 190 g/mol. The standard InChI is InChI=1S/C9H16ClNO2/c1-2-3-8(6-12)11-5-7(10)4-9(11)13/h7-8,12H,2-6H2,1H3. The monoisotopic (exact) mass is 205 g/mol. The summed E-state index contributed by atoms with van der Waals surface area (Å²) >= 11 is 5.86.